The summed E-state index contributed by atoms with van der Waals surface area (Å²) in [4.78, 5) is 27.8. The molecule has 0 unspecified atom stereocenters. The van der Waals surface area contributed by atoms with Gasteiger partial charge >= 0.3 is 5.69 Å². The van der Waals surface area contributed by atoms with E-state index in [-0.39, 0.29) is 17.4 Å². The van der Waals surface area contributed by atoms with E-state index in [4.69, 9.17) is 0 Å². The number of nitro benzene ring substituents is 1. The highest BCUT2D eigenvalue weighted by Gasteiger charge is 2.25. The third kappa shape index (κ3) is 2.52. The zero-order valence-electron chi connectivity index (χ0n) is 12.8. The van der Waals surface area contributed by atoms with Crippen LogP contribution in [0.25, 0.3) is 11.0 Å². The Hall–Kier alpha value is -2.15. The van der Waals surface area contributed by atoms with E-state index in [0.29, 0.717) is 11.6 Å². The Labute approximate surface area is 127 Å². The van der Waals surface area contributed by atoms with Gasteiger partial charge in [-0.25, -0.2) is 4.79 Å². The first-order chi connectivity index (χ1) is 10.5. The van der Waals surface area contributed by atoms with Crippen LogP contribution in [0.5, 0.6) is 0 Å². The second-order valence-electron chi connectivity index (χ2n) is 6.12. The average molecular weight is 304 g/mol. The summed E-state index contributed by atoms with van der Waals surface area (Å²) >= 11 is 0. The third-order valence-corrected chi connectivity index (χ3v) is 4.51. The predicted molar refractivity (Wildman–Crippen MR) is 84.2 cm³/mol. The Morgan fingerprint density at radius 3 is 2.59 bits per heavy atom. The van der Waals surface area contributed by atoms with Crippen molar-refractivity contribution in [3.8, 4) is 0 Å². The lowest BCUT2D eigenvalue weighted by Crippen LogP contribution is -2.40. The molecule has 2 aromatic rings. The van der Waals surface area contributed by atoms with Crippen molar-refractivity contribution in [1.82, 2.24) is 14.5 Å². The summed E-state index contributed by atoms with van der Waals surface area (Å²) in [5.74, 6) is 0. The fourth-order valence-corrected chi connectivity index (χ4v) is 3.26. The maximum atomic E-state index is 12.3. The maximum absolute atomic E-state index is 12.3. The summed E-state index contributed by atoms with van der Waals surface area (Å²) in [6, 6.07) is 5.22. The number of rotatable bonds is 3. The van der Waals surface area contributed by atoms with Gasteiger partial charge in [-0.05, 0) is 32.8 Å². The summed E-state index contributed by atoms with van der Waals surface area (Å²) < 4.78 is 1.76. The van der Waals surface area contributed by atoms with E-state index >= 15 is 0 Å². The van der Waals surface area contributed by atoms with E-state index in [9.17, 15) is 14.9 Å². The molecule has 1 aromatic carbocycles. The number of non-ortho nitro benzene ring substituents is 1. The molecule has 3 rings (SSSR count). The fourth-order valence-electron chi connectivity index (χ4n) is 3.26. The van der Waals surface area contributed by atoms with Crippen molar-refractivity contribution >= 4 is 16.7 Å². The predicted octanol–water partition coefficient (Wildman–Crippen LogP) is 2.28. The first-order valence-corrected chi connectivity index (χ1v) is 7.60. The first kappa shape index (κ1) is 14.8. The second-order valence-corrected chi connectivity index (χ2v) is 6.12. The van der Waals surface area contributed by atoms with Crippen LogP contribution in [-0.4, -0.2) is 38.5 Å². The van der Waals surface area contributed by atoms with Crippen molar-refractivity contribution < 1.29 is 4.92 Å². The molecule has 0 saturated carbocycles. The van der Waals surface area contributed by atoms with Crippen LogP contribution in [0, 0.1) is 10.1 Å². The molecule has 7 nitrogen and oxygen atoms in total. The van der Waals surface area contributed by atoms with Gasteiger partial charge in [0.1, 0.15) is 0 Å². The lowest BCUT2D eigenvalue weighted by molar-refractivity contribution is -0.384. The van der Waals surface area contributed by atoms with Crippen LogP contribution < -0.4 is 5.69 Å². The SMILES string of the molecule is CC(C)N1CCC(n2c(=O)[nH]c3cc([N+](=O)[O-])ccc32)CC1. The molecule has 1 aliphatic heterocycles. The number of hydrogen-bond donors (Lipinski definition) is 1. The molecule has 2 heterocycles. The van der Waals surface area contributed by atoms with Crippen molar-refractivity contribution in [2.75, 3.05) is 13.1 Å². The molecule has 0 spiro atoms. The minimum absolute atomic E-state index is 0.00414. The van der Waals surface area contributed by atoms with Gasteiger partial charge in [0.2, 0.25) is 0 Å². The molecule has 1 saturated heterocycles. The highest BCUT2D eigenvalue weighted by atomic mass is 16.6. The van der Waals surface area contributed by atoms with E-state index in [1.807, 2.05) is 0 Å². The Morgan fingerprint density at radius 2 is 2.00 bits per heavy atom. The molecule has 0 amide bonds. The first-order valence-electron chi connectivity index (χ1n) is 7.60. The van der Waals surface area contributed by atoms with Crippen molar-refractivity contribution in [2.45, 2.75) is 38.8 Å². The molecule has 22 heavy (non-hydrogen) atoms. The molecule has 1 aromatic heterocycles. The number of aromatic amines is 1. The molecule has 0 aliphatic carbocycles. The summed E-state index contributed by atoms with van der Waals surface area (Å²) in [5, 5.41) is 10.8. The van der Waals surface area contributed by atoms with Crippen LogP contribution >= 0.6 is 0 Å². The molecule has 1 aliphatic rings. The molecule has 1 N–H and O–H groups in total. The summed E-state index contributed by atoms with van der Waals surface area (Å²) in [6.45, 7) is 6.29. The summed E-state index contributed by atoms with van der Waals surface area (Å²) in [7, 11) is 0. The highest BCUT2D eigenvalue weighted by Crippen LogP contribution is 2.27. The van der Waals surface area contributed by atoms with Crippen LogP contribution in [0.15, 0.2) is 23.0 Å². The highest BCUT2D eigenvalue weighted by molar-refractivity contribution is 5.78. The van der Waals surface area contributed by atoms with Gasteiger partial charge in [-0.2, -0.15) is 0 Å². The minimum Gasteiger partial charge on any atom is -0.305 e. The van der Waals surface area contributed by atoms with Gasteiger partial charge in [0.15, 0.2) is 0 Å². The van der Waals surface area contributed by atoms with Gasteiger partial charge in [0.05, 0.1) is 16.0 Å². The Balaban J connectivity index is 1.93. The Kier molecular flexibility index (Phi) is 3.74. The number of nitro groups is 1. The van der Waals surface area contributed by atoms with Crippen molar-refractivity contribution in [3.05, 3.63) is 38.8 Å². The fraction of sp³-hybridized carbons (Fsp3) is 0.533. The topological polar surface area (TPSA) is 84.2 Å². The normalized spacial score (nSPS) is 17.4. The minimum atomic E-state index is -0.448. The number of fused-ring (bicyclic) bond motifs is 1. The summed E-state index contributed by atoms with van der Waals surface area (Å²) in [6.07, 6.45) is 1.84. The lowest BCUT2D eigenvalue weighted by Gasteiger charge is -2.34. The number of nitrogens with zero attached hydrogens (tertiary/aromatic N) is 3. The number of piperidine rings is 1. The van der Waals surface area contributed by atoms with Crippen LogP contribution in [0.2, 0.25) is 0 Å². The largest absolute Gasteiger partial charge is 0.326 e. The maximum Gasteiger partial charge on any atom is 0.326 e. The molecule has 0 atom stereocenters. The van der Waals surface area contributed by atoms with E-state index in [1.165, 1.54) is 12.1 Å². The molecular formula is C15H20N4O3. The number of likely N-dealkylation sites (tertiary alicyclic amines) is 1. The van der Waals surface area contributed by atoms with Crippen LogP contribution in [0.3, 0.4) is 0 Å². The number of nitrogens with one attached hydrogen (secondary N) is 1. The number of H-pyrrole nitrogens is 1. The average Bonchev–Trinajstić information content (AvgIpc) is 2.82. The molecule has 0 bridgehead atoms. The second kappa shape index (κ2) is 5.57. The van der Waals surface area contributed by atoms with Gasteiger partial charge in [-0.15, -0.1) is 0 Å². The van der Waals surface area contributed by atoms with Gasteiger partial charge in [-0.3, -0.25) is 14.7 Å². The molecular weight excluding hydrogens is 284 g/mol. The van der Waals surface area contributed by atoms with E-state index in [2.05, 4.69) is 23.7 Å². The molecule has 1 fully saturated rings. The van der Waals surface area contributed by atoms with Gasteiger partial charge < -0.3 is 9.88 Å². The lowest BCUT2D eigenvalue weighted by atomic mass is 10.0. The standard InChI is InChI=1S/C15H20N4O3/c1-10(2)17-7-5-11(6-8-17)18-14-4-3-12(19(21)22)9-13(14)16-15(18)20/h3-4,9-11H,5-8H2,1-2H3,(H,16,20). The van der Waals surface area contributed by atoms with E-state index < -0.39 is 4.92 Å². The third-order valence-electron chi connectivity index (χ3n) is 4.51. The number of imidazole rings is 1. The quantitative estimate of drug-likeness (QED) is 0.696. The zero-order valence-corrected chi connectivity index (χ0v) is 12.8. The Morgan fingerprint density at radius 1 is 1.32 bits per heavy atom. The van der Waals surface area contributed by atoms with E-state index in [0.717, 1.165) is 31.4 Å². The van der Waals surface area contributed by atoms with E-state index in [1.54, 1.807) is 10.6 Å². The van der Waals surface area contributed by atoms with Crippen molar-refractivity contribution in [3.63, 3.8) is 0 Å². The molecule has 7 heteroatoms. The van der Waals surface area contributed by atoms with Gasteiger partial charge in [0, 0.05) is 37.3 Å². The van der Waals surface area contributed by atoms with Gasteiger partial charge in [-0.1, -0.05) is 0 Å². The molecule has 0 radical (unpaired) electrons. The van der Waals surface area contributed by atoms with Crippen LogP contribution in [0.4, 0.5) is 5.69 Å². The number of benzene rings is 1. The smallest absolute Gasteiger partial charge is 0.305 e. The monoisotopic (exact) mass is 304 g/mol. The zero-order chi connectivity index (χ0) is 15.9. The van der Waals surface area contributed by atoms with Crippen molar-refractivity contribution in [1.29, 1.82) is 0 Å². The van der Waals surface area contributed by atoms with Crippen molar-refractivity contribution in [2.24, 2.45) is 0 Å². The van der Waals surface area contributed by atoms with Gasteiger partial charge in [0.25, 0.3) is 5.69 Å². The Bertz CT molecular complexity index is 754. The van der Waals surface area contributed by atoms with Crippen LogP contribution in [-0.2, 0) is 0 Å². The number of hydrogen-bond acceptors (Lipinski definition) is 4. The number of aromatic nitrogens is 2. The molecule has 118 valence electrons. The summed E-state index contributed by atoms with van der Waals surface area (Å²) in [5.41, 5.74) is 1.10. The van der Waals surface area contributed by atoms with Crippen LogP contribution in [0.1, 0.15) is 32.7 Å².